The molecule has 0 spiro atoms. The van der Waals surface area contributed by atoms with Crippen molar-refractivity contribution >= 4 is 34.3 Å². The summed E-state index contributed by atoms with van der Waals surface area (Å²) in [7, 11) is 0. The zero-order valence-electron chi connectivity index (χ0n) is 16.7. The number of carbonyl (C=O) groups is 2. The van der Waals surface area contributed by atoms with Gasteiger partial charge in [0.2, 0.25) is 5.91 Å². The number of nitrogens with zero attached hydrogens (tertiary/aromatic N) is 1. The molecule has 1 aromatic carbocycles. The number of H-pyrrole nitrogens is 1. The quantitative estimate of drug-likeness (QED) is 0.509. The lowest BCUT2D eigenvalue weighted by atomic mass is 10.0. The highest BCUT2D eigenvalue weighted by atomic mass is 35.5. The molecule has 1 fully saturated rings. The van der Waals surface area contributed by atoms with Crippen molar-refractivity contribution < 1.29 is 18.7 Å². The maximum Gasteiger partial charge on any atom is 0.268 e. The minimum Gasteiger partial charge on any atom is -0.381 e. The number of hydrogen-bond donors (Lipinski definition) is 3. The monoisotopic (exact) mass is 444 g/mol. The van der Waals surface area contributed by atoms with E-state index in [9.17, 15) is 14.0 Å². The summed E-state index contributed by atoms with van der Waals surface area (Å²) in [4.78, 5) is 32.9. The van der Waals surface area contributed by atoms with E-state index in [0.717, 1.165) is 23.8 Å². The fourth-order valence-electron chi connectivity index (χ4n) is 3.57. The number of ether oxygens (including phenoxy) is 1. The van der Waals surface area contributed by atoms with E-state index >= 15 is 0 Å². The Morgan fingerprint density at radius 3 is 2.71 bits per heavy atom. The first-order valence-corrected chi connectivity index (χ1v) is 10.4. The number of pyridine rings is 1. The Bertz CT molecular complexity index is 1080. The maximum absolute atomic E-state index is 13.3. The topological polar surface area (TPSA) is 96.1 Å². The predicted octanol–water partition coefficient (Wildman–Crippen LogP) is 2.99. The number of fused-ring (bicyclic) bond motifs is 1. The third-order valence-electron chi connectivity index (χ3n) is 5.26. The number of halogens is 2. The van der Waals surface area contributed by atoms with Gasteiger partial charge >= 0.3 is 0 Å². The highest BCUT2D eigenvalue weighted by Gasteiger charge is 2.26. The van der Waals surface area contributed by atoms with Crippen LogP contribution < -0.4 is 10.6 Å². The average molecular weight is 445 g/mol. The van der Waals surface area contributed by atoms with Crippen LogP contribution in [-0.4, -0.2) is 47.1 Å². The summed E-state index contributed by atoms with van der Waals surface area (Å²) in [6.07, 6.45) is 3.22. The van der Waals surface area contributed by atoms with Crippen LogP contribution in [0.3, 0.4) is 0 Å². The largest absolute Gasteiger partial charge is 0.381 e. The van der Waals surface area contributed by atoms with Crippen LogP contribution in [0.2, 0.25) is 5.15 Å². The van der Waals surface area contributed by atoms with E-state index in [4.69, 9.17) is 16.3 Å². The van der Waals surface area contributed by atoms with Gasteiger partial charge in [-0.3, -0.25) is 9.59 Å². The van der Waals surface area contributed by atoms with Gasteiger partial charge in [-0.25, -0.2) is 9.37 Å². The fraction of sp³-hybridized carbons (Fsp3) is 0.318. The molecule has 2 aromatic heterocycles. The summed E-state index contributed by atoms with van der Waals surface area (Å²) in [5.74, 6) is -1.08. The van der Waals surface area contributed by atoms with E-state index < -0.39 is 11.9 Å². The van der Waals surface area contributed by atoms with Gasteiger partial charge in [-0.15, -0.1) is 0 Å². The van der Waals surface area contributed by atoms with Crippen LogP contribution in [0.25, 0.3) is 10.9 Å². The van der Waals surface area contributed by atoms with Gasteiger partial charge in [0.1, 0.15) is 22.7 Å². The first-order valence-electron chi connectivity index (χ1n) is 10.1. The minimum absolute atomic E-state index is 0.00448. The number of aromatic nitrogens is 2. The Morgan fingerprint density at radius 1 is 1.23 bits per heavy atom. The average Bonchev–Trinajstić information content (AvgIpc) is 3.19. The molecule has 1 atom stereocenters. The molecular formula is C22H22ClFN4O3. The van der Waals surface area contributed by atoms with E-state index in [1.807, 2.05) is 0 Å². The second-order valence-electron chi connectivity index (χ2n) is 7.53. The molecule has 0 aliphatic carbocycles. The van der Waals surface area contributed by atoms with Crippen LogP contribution in [-0.2, 0) is 16.0 Å². The summed E-state index contributed by atoms with van der Waals surface area (Å²) in [5.41, 5.74) is 1.69. The lowest BCUT2D eigenvalue weighted by molar-refractivity contribution is -0.124. The zero-order valence-corrected chi connectivity index (χ0v) is 17.4. The third kappa shape index (κ3) is 5.39. The summed E-state index contributed by atoms with van der Waals surface area (Å²) >= 11 is 5.91. The first kappa shape index (κ1) is 21.3. The van der Waals surface area contributed by atoms with Gasteiger partial charge in [-0.05, 0) is 42.7 Å². The molecule has 1 aliphatic rings. The number of nitrogens with one attached hydrogen (secondary N) is 3. The van der Waals surface area contributed by atoms with E-state index in [-0.39, 0.29) is 24.2 Å². The van der Waals surface area contributed by atoms with Crippen molar-refractivity contribution in [2.45, 2.75) is 31.3 Å². The molecule has 0 saturated carbocycles. The molecule has 3 aromatic rings. The molecule has 7 nitrogen and oxygen atoms in total. The van der Waals surface area contributed by atoms with Crippen LogP contribution in [0.1, 0.15) is 28.9 Å². The molecule has 3 heterocycles. The number of rotatable bonds is 6. The standard InChI is InChI=1S/C22H22ClFN4O3/c23-20-11-14-10-18(27-19(14)12-25-20)22(30)28-17(9-13-1-3-15(24)4-2-13)21(29)26-16-5-7-31-8-6-16/h1-4,10-12,16-17,27H,5-9H2,(H,26,29)(H,28,30)/t17-/m0/s1. The van der Waals surface area contributed by atoms with Gasteiger partial charge in [0, 0.05) is 31.1 Å². The van der Waals surface area contributed by atoms with E-state index in [1.165, 1.54) is 12.1 Å². The molecule has 1 saturated heterocycles. The number of amides is 2. The molecule has 0 bridgehead atoms. The lowest BCUT2D eigenvalue weighted by Gasteiger charge is -2.26. The van der Waals surface area contributed by atoms with Crippen molar-refractivity contribution in [1.82, 2.24) is 20.6 Å². The molecule has 4 rings (SSSR count). The second-order valence-corrected chi connectivity index (χ2v) is 7.92. The van der Waals surface area contributed by atoms with Crippen LogP contribution >= 0.6 is 11.6 Å². The smallest absolute Gasteiger partial charge is 0.268 e. The molecule has 0 unspecified atom stereocenters. The summed E-state index contributed by atoms with van der Waals surface area (Å²) < 4.78 is 18.6. The van der Waals surface area contributed by atoms with Crippen molar-refractivity contribution in [3.05, 3.63) is 64.8 Å². The Balaban J connectivity index is 1.52. The fourth-order valence-corrected chi connectivity index (χ4v) is 3.74. The van der Waals surface area contributed by atoms with Crippen LogP contribution in [0, 0.1) is 5.82 Å². The van der Waals surface area contributed by atoms with Crippen LogP contribution in [0.5, 0.6) is 0 Å². The van der Waals surface area contributed by atoms with E-state index in [1.54, 1.807) is 30.5 Å². The van der Waals surface area contributed by atoms with Crippen LogP contribution in [0.15, 0.2) is 42.6 Å². The van der Waals surface area contributed by atoms with Crippen molar-refractivity contribution in [3.8, 4) is 0 Å². The number of carbonyl (C=O) groups excluding carboxylic acids is 2. The maximum atomic E-state index is 13.3. The van der Waals surface area contributed by atoms with Gasteiger partial charge in [0.05, 0.1) is 11.7 Å². The highest BCUT2D eigenvalue weighted by Crippen LogP contribution is 2.18. The number of hydrogen-bond acceptors (Lipinski definition) is 4. The molecule has 1 aliphatic heterocycles. The second kappa shape index (κ2) is 9.45. The van der Waals surface area contributed by atoms with Crippen molar-refractivity contribution in [2.24, 2.45) is 0 Å². The number of aromatic amines is 1. The molecule has 162 valence electrons. The van der Waals surface area contributed by atoms with Crippen molar-refractivity contribution in [2.75, 3.05) is 13.2 Å². The van der Waals surface area contributed by atoms with Gasteiger partial charge in [-0.2, -0.15) is 0 Å². The summed E-state index contributed by atoms with van der Waals surface area (Å²) in [5, 5.41) is 6.86. The predicted molar refractivity (Wildman–Crippen MR) is 114 cm³/mol. The lowest BCUT2D eigenvalue weighted by Crippen LogP contribution is -2.51. The van der Waals surface area contributed by atoms with Crippen molar-refractivity contribution in [1.29, 1.82) is 0 Å². The normalized spacial score (nSPS) is 15.5. The molecular weight excluding hydrogens is 423 g/mol. The third-order valence-corrected chi connectivity index (χ3v) is 5.47. The highest BCUT2D eigenvalue weighted by molar-refractivity contribution is 6.30. The van der Waals surface area contributed by atoms with Crippen LogP contribution in [0.4, 0.5) is 4.39 Å². The Morgan fingerprint density at radius 2 is 1.97 bits per heavy atom. The molecule has 9 heteroatoms. The minimum atomic E-state index is -0.825. The molecule has 2 amide bonds. The Hall–Kier alpha value is -2.97. The SMILES string of the molecule is O=C(N[C@@H](Cc1ccc(F)cc1)C(=O)NC1CCOCC1)c1cc2cc(Cl)ncc2[nH]1. The van der Waals surface area contributed by atoms with Gasteiger partial charge in [-0.1, -0.05) is 23.7 Å². The molecule has 31 heavy (non-hydrogen) atoms. The molecule has 3 N–H and O–H groups in total. The van der Waals surface area contributed by atoms with Gasteiger partial charge < -0.3 is 20.4 Å². The Labute approximate surface area is 183 Å². The molecule has 0 radical (unpaired) electrons. The van der Waals surface area contributed by atoms with E-state index in [2.05, 4.69) is 20.6 Å². The summed E-state index contributed by atoms with van der Waals surface area (Å²) in [6, 6.07) is 8.35. The summed E-state index contributed by atoms with van der Waals surface area (Å²) in [6.45, 7) is 1.18. The van der Waals surface area contributed by atoms with Gasteiger partial charge in [0.15, 0.2) is 0 Å². The Kier molecular flexibility index (Phi) is 6.48. The van der Waals surface area contributed by atoms with E-state index in [0.29, 0.717) is 29.6 Å². The first-order chi connectivity index (χ1) is 15.0. The number of benzene rings is 1. The zero-order chi connectivity index (χ0) is 21.8. The van der Waals surface area contributed by atoms with Crippen molar-refractivity contribution in [3.63, 3.8) is 0 Å². The van der Waals surface area contributed by atoms with Gasteiger partial charge in [0.25, 0.3) is 5.91 Å².